The molecular weight excluding hydrogens is 376 g/mol. The van der Waals surface area contributed by atoms with Gasteiger partial charge in [-0.1, -0.05) is 54.6 Å². The summed E-state index contributed by atoms with van der Waals surface area (Å²) in [5.41, 5.74) is 2.75. The van der Waals surface area contributed by atoms with Crippen LogP contribution >= 0.6 is 0 Å². The number of quaternary nitrogens is 1. The van der Waals surface area contributed by atoms with E-state index in [1.165, 1.54) is 0 Å². The maximum atomic E-state index is 13.4. The largest absolute Gasteiger partial charge is 0.497 e. The van der Waals surface area contributed by atoms with Crippen LogP contribution in [0.4, 0.5) is 5.69 Å². The van der Waals surface area contributed by atoms with Crippen LogP contribution in [0.2, 0.25) is 0 Å². The van der Waals surface area contributed by atoms with Gasteiger partial charge in [0, 0.05) is 11.1 Å². The normalized spacial score (nSPS) is 12.6. The van der Waals surface area contributed by atoms with Crippen molar-refractivity contribution in [3.05, 3.63) is 90.0 Å². The van der Waals surface area contributed by atoms with Gasteiger partial charge >= 0.3 is 0 Å². The zero-order valence-electron chi connectivity index (χ0n) is 17.7. The number of carbonyl (C=O) groups excluding carboxylic acids is 1. The third-order valence-corrected chi connectivity index (χ3v) is 4.95. The molecule has 30 heavy (non-hydrogen) atoms. The molecule has 3 aromatic carbocycles. The molecule has 3 aromatic rings. The number of amides is 1. The SMILES string of the molecule is CCOc1ccccc1NC(=O)[C@H](c1ccccc1)[NH+](C)Cc1cccc(OC)c1. The summed E-state index contributed by atoms with van der Waals surface area (Å²) in [5.74, 6) is 1.41. The lowest BCUT2D eigenvalue weighted by Gasteiger charge is -2.25. The molecule has 5 nitrogen and oxygen atoms in total. The van der Waals surface area contributed by atoms with E-state index in [4.69, 9.17) is 9.47 Å². The Morgan fingerprint density at radius 2 is 1.73 bits per heavy atom. The van der Waals surface area contributed by atoms with E-state index in [-0.39, 0.29) is 11.9 Å². The summed E-state index contributed by atoms with van der Waals surface area (Å²) < 4.78 is 11.0. The van der Waals surface area contributed by atoms with Crippen molar-refractivity contribution < 1.29 is 19.2 Å². The van der Waals surface area contributed by atoms with Crippen molar-refractivity contribution in [3.8, 4) is 11.5 Å². The number of para-hydroxylation sites is 2. The van der Waals surface area contributed by atoms with Crippen molar-refractivity contribution in [1.82, 2.24) is 0 Å². The summed E-state index contributed by atoms with van der Waals surface area (Å²) in [6.45, 7) is 3.14. The fourth-order valence-electron chi connectivity index (χ4n) is 3.57. The number of anilines is 1. The van der Waals surface area contributed by atoms with E-state index in [0.29, 0.717) is 24.6 Å². The first-order valence-corrected chi connectivity index (χ1v) is 10.1. The first-order chi connectivity index (χ1) is 14.6. The highest BCUT2D eigenvalue weighted by molar-refractivity contribution is 5.95. The molecule has 156 valence electrons. The van der Waals surface area contributed by atoms with E-state index in [9.17, 15) is 4.79 Å². The predicted molar refractivity (Wildman–Crippen MR) is 119 cm³/mol. The fourth-order valence-corrected chi connectivity index (χ4v) is 3.57. The molecule has 0 bridgehead atoms. The summed E-state index contributed by atoms with van der Waals surface area (Å²) in [6.07, 6.45) is 0. The molecule has 0 aliphatic rings. The molecule has 2 N–H and O–H groups in total. The molecule has 1 unspecified atom stereocenters. The Hall–Kier alpha value is -3.31. The number of nitrogens with one attached hydrogen (secondary N) is 2. The van der Waals surface area contributed by atoms with E-state index in [1.54, 1.807) is 7.11 Å². The third kappa shape index (κ3) is 5.39. The van der Waals surface area contributed by atoms with Crippen LogP contribution in [-0.2, 0) is 11.3 Å². The number of carbonyl (C=O) groups is 1. The van der Waals surface area contributed by atoms with Crippen molar-refractivity contribution in [1.29, 1.82) is 0 Å². The van der Waals surface area contributed by atoms with Crippen LogP contribution in [-0.4, -0.2) is 26.7 Å². The first kappa shape index (κ1) is 21.4. The summed E-state index contributed by atoms with van der Waals surface area (Å²) in [7, 11) is 3.69. The van der Waals surface area contributed by atoms with Crippen LogP contribution in [0.5, 0.6) is 11.5 Å². The summed E-state index contributed by atoms with van der Waals surface area (Å²) in [4.78, 5) is 14.5. The van der Waals surface area contributed by atoms with Crippen LogP contribution in [0.3, 0.4) is 0 Å². The smallest absolute Gasteiger partial charge is 0.287 e. The van der Waals surface area contributed by atoms with Gasteiger partial charge in [-0.3, -0.25) is 4.79 Å². The van der Waals surface area contributed by atoms with E-state index in [1.807, 2.05) is 86.8 Å². The second kappa shape index (κ2) is 10.5. The highest BCUT2D eigenvalue weighted by Crippen LogP contribution is 2.25. The molecule has 0 spiro atoms. The maximum absolute atomic E-state index is 13.4. The zero-order chi connectivity index (χ0) is 21.3. The van der Waals surface area contributed by atoms with Gasteiger partial charge in [0.2, 0.25) is 0 Å². The van der Waals surface area contributed by atoms with Gasteiger partial charge < -0.3 is 19.7 Å². The van der Waals surface area contributed by atoms with Gasteiger partial charge in [-0.15, -0.1) is 0 Å². The molecule has 0 aliphatic heterocycles. The zero-order valence-corrected chi connectivity index (χ0v) is 17.7. The van der Waals surface area contributed by atoms with Crippen molar-refractivity contribution in [2.45, 2.75) is 19.5 Å². The highest BCUT2D eigenvalue weighted by atomic mass is 16.5. The number of hydrogen-bond donors (Lipinski definition) is 2. The monoisotopic (exact) mass is 405 g/mol. The van der Waals surface area contributed by atoms with Crippen LogP contribution in [0.1, 0.15) is 24.1 Å². The van der Waals surface area contributed by atoms with E-state index >= 15 is 0 Å². The minimum absolute atomic E-state index is 0.0752. The Kier molecular flexibility index (Phi) is 7.46. The molecule has 2 atom stereocenters. The van der Waals surface area contributed by atoms with Gasteiger partial charge in [-0.25, -0.2) is 0 Å². The average Bonchev–Trinajstić information content (AvgIpc) is 2.76. The van der Waals surface area contributed by atoms with E-state index < -0.39 is 0 Å². The van der Waals surface area contributed by atoms with E-state index in [0.717, 1.165) is 21.8 Å². The molecule has 1 amide bonds. The van der Waals surface area contributed by atoms with Gasteiger partial charge in [0.1, 0.15) is 18.0 Å². The van der Waals surface area contributed by atoms with Gasteiger partial charge in [0.15, 0.2) is 6.04 Å². The average molecular weight is 406 g/mol. The Labute approximate surface area is 178 Å². The van der Waals surface area contributed by atoms with Gasteiger partial charge in [-0.2, -0.15) is 0 Å². The standard InChI is InChI=1S/C25H28N2O3/c1-4-30-23-16-9-8-15-22(23)26-25(28)24(20-12-6-5-7-13-20)27(2)18-19-11-10-14-21(17-19)29-3/h5-17,24H,4,18H2,1-3H3,(H,26,28)/p+1/t24-/m0/s1. The molecular formula is C25H29N2O3+. The Balaban J connectivity index is 1.86. The van der Waals surface area contributed by atoms with Crippen molar-refractivity contribution in [3.63, 3.8) is 0 Å². The summed E-state index contributed by atoms with van der Waals surface area (Å²) in [5, 5.41) is 3.07. The molecule has 0 saturated carbocycles. The predicted octanol–water partition coefficient (Wildman–Crippen LogP) is 3.49. The lowest BCUT2D eigenvalue weighted by molar-refractivity contribution is -0.915. The fraction of sp³-hybridized carbons (Fsp3) is 0.240. The van der Waals surface area contributed by atoms with Crippen molar-refractivity contribution in [2.75, 3.05) is 26.1 Å². The topological polar surface area (TPSA) is 52.0 Å². The molecule has 0 radical (unpaired) electrons. The molecule has 0 saturated heterocycles. The molecule has 0 aliphatic carbocycles. The van der Waals surface area contributed by atoms with Crippen molar-refractivity contribution >= 4 is 11.6 Å². The highest BCUT2D eigenvalue weighted by Gasteiger charge is 2.29. The molecule has 5 heteroatoms. The Morgan fingerprint density at radius 3 is 2.47 bits per heavy atom. The molecule has 3 rings (SSSR count). The number of rotatable bonds is 9. The van der Waals surface area contributed by atoms with Gasteiger partial charge in [-0.05, 0) is 31.2 Å². The molecule has 0 fully saturated rings. The Bertz CT molecular complexity index is 959. The lowest BCUT2D eigenvalue weighted by atomic mass is 10.0. The van der Waals surface area contributed by atoms with Gasteiger partial charge in [0.05, 0.1) is 26.5 Å². The van der Waals surface area contributed by atoms with Crippen LogP contribution in [0.15, 0.2) is 78.9 Å². The molecule has 0 heterocycles. The second-order valence-electron chi connectivity index (χ2n) is 7.14. The van der Waals surface area contributed by atoms with Gasteiger partial charge in [0.25, 0.3) is 5.91 Å². The quantitative estimate of drug-likeness (QED) is 0.573. The van der Waals surface area contributed by atoms with Crippen LogP contribution < -0.4 is 19.7 Å². The minimum Gasteiger partial charge on any atom is -0.497 e. The maximum Gasteiger partial charge on any atom is 0.287 e. The Morgan fingerprint density at radius 1 is 1.00 bits per heavy atom. The molecule has 0 aromatic heterocycles. The summed E-state index contributed by atoms with van der Waals surface area (Å²) in [6, 6.07) is 25.0. The number of ether oxygens (including phenoxy) is 2. The first-order valence-electron chi connectivity index (χ1n) is 10.1. The number of benzene rings is 3. The minimum atomic E-state index is -0.382. The summed E-state index contributed by atoms with van der Waals surface area (Å²) >= 11 is 0. The van der Waals surface area contributed by atoms with Crippen LogP contribution in [0, 0.1) is 0 Å². The third-order valence-electron chi connectivity index (χ3n) is 4.95. The van der Waals surface area contributed by atoms with Crippen LogP contribution in [0.25, 0.3) is 0 Å². The number of hydrogen-bond acceptors (Lipinski definition) is 3. The van der Waals surface area contributed by atoms with E-state index in [2.05, 4.69) is 11.4 Å². The number of likely N-dealkylation sites (N-methyl/N-ethyl adjacent to an activating group) is 1. The lowest BCUT2D eigenvalue weighted by Crippen LogP contribution is -3.09. The van der Waals surface area contributed by atoms with Crippen molar-refractivity contribution in [2.24, 2.45) is 0 Å². The number of methoxy groups -OCH3 is 1. The second-order valence-corrected chi connectivity index (χ2v) is 7.14.